The third-order valence-corrected chi connectivity index (χ3v) is 2.98. The molecule has 0 amide bonds. The Balaban J connectivity index is 2.28. The van der Waals surface area contributed by atoms with E-state index in [1.807, 2.05) is 13.2 Å². The summed E-state index contributed by atoms with van der Waals surface area (Å²) in [7, 11) is 1.84. The fourth-order valence-electron chi connectivity index (χ4n) is 1.06. The van der Waals surface area contributed by atoms with Gasteiger partial charge in [0.2, 0.25) is 0 Å². The Hall–Kier alpha value is -1.14. The van der Waals surface area contributed by atoms with Gasteiger partial charge in [0, 0.05) is 13.2 Å². The molecule has 0 fully saturated rings. The van der Waals surface area contributed by atoms with Crippen LogP contribution < -0.4 is 5.32 Å². The highest BCUT2D eigenvalue weighted by Crippen LogP contribution is 2.28. The van der Waals surface area contributed by atoms with Crippen LogP contribution >= 0.6 is 27.5 Å². The average Bonchev–Trinajstić information content (AvgIpc) is 2.59. The Morgan fingerprint density at radius 3 is 2.93 bits per heavy atom. The lowest BCUT2D eigenvalue weighted by atomic mass is 10.5. The molecule has 2 aromatic rings. The molecular weight excluding hydrogens is 281 g/mol. The Morgan fingerprint density at radius 2 is 2.27 bits per heavy atom. The summed E-state index contributed by atoms with van der Waals surface area (Å²) in [6, 6.07) is 0. The predicted molar refractivity (Wildman–Crippen MR) is 61.2 cm³/mol. The lowest BCUT2D eigenvalue weighted by Gasteiger charge is -2.04. The Morgan fingerprint density at radius 1 is 1.47 bits per heavy atom. The first-order valence-electron chi connectivity index (χ1n) is 4.08. The van der Waals surface area contributed by atoms with Gasteiger partial charge in [0.25, 0.3) is 0 Å². The average molecular weight is 289 g/mol. The van der Waals surface area contributed by atoms with E-state index >= 15 is 0 Å². The molecule has 0 atom stereocenters. The Labute approximate surface area is 99.6 Å². The van der Waals surface area contributed by atoms with Crippen molar-refractivity contribution >= 4 is 39.0 Å². The normalized spacial score (nSPS) is 10.3. The zero-order chi connectivity index (χ0) is 10.8. The van der Waals surface area contributed by atoms with Crippen LogP contribution in [0.2, 0.25) is 5.15 Å². The molecule has 0 bridgehead atoms. The second-order valence-corrected chi connectivity index (χ2v) is 4.01. The van der Waals surface area contributed by atoms with Gasteiger partial charge in [-0.3, -0.25) is 4.68 Å². The molecule has 0 unspecified atom stereocenters. The molecule has 2 aromatic heterocycles. The molecule has 15 heavy (non-hydrogen) atoms. The van der Waals surface area contributed by atoms with Crippen LogP contribution in [-0.2, 0) is 7.05 Å². The van der Waals surface area contributed by atoms with Gasteiger partial charge in [-0.1, -0.05) is 11.6 Å². The zero-order valence-corrected chi connectivity index (χ0v) is 10.1. The molecule has 0 saturated heterocycles. The maximum atomic E-state index is 5.83. The standard InChI is InChI=1S/C8H7BrClN5/c1-15-3-5(2-13-15)14-8-6(9)7(10)11-4-12-8/h2-4H,1H3,(H,11,12,14). The van der Waals surface area contributed by atoms with Gasteiger partial charge in [0.1, 0.15) is 17.3 Å². The first kappa shape index (κ1) is 10.4. The number of hydrogen-bond donors (Lipinski definition) is 1. The highest BCUT2D eigenvalue weighted by atomic mass is 79.9. The molecular formula is C8H7BrClN5. The molecule has 2 rings (SSSR count). The molecule has 0 saturated carbocycles. The van der Waals surface area contributed by atoms with Gasteiger partial charge in [0.05, 0.1) is 16.4 Å². The van der Waals surface area contributed by atoms with Gasteiger partial charge in [0.15, 0.2) is 0 Å². The molecule has 5 nitrogen and oxygen atoms in total. The van der Waals surface area contributed by atoms with Gasteiger partial charge in [-0.2, -0.15) is 5.10 Å². The predicted octanol–water partition coefficient (Wildman–Crippen LogP) is 2.37. The first-order chi connectivity index (χ1) is 7.16. The Kier molecular flexibility index (Phi) is 2.88. The van der Waals surface area contributed by atoms with Crippen LogP contribution in [0, 0.1) is 0 Å². The van der Waals surface area contributed by atoms with Gasteiger partial charge in [-0.25, -0.2) is 9.97 Å². The summed E-state index contributed by atoms with van der Waals surface area (Å²) in [6.45, 7) is 0. The molecule has 0 aliphatic heterocycles. The van der Waals surface area contributed by atoms with Crippen LogP contribution in [0.25, 0.3) is 0 Å². The molecule has 0 aliphatic rings. The maximum absolute atomic E-state index is 5.83. The Bertz CT molecular complexity index is 484. The number of nitrogens with one attached hydrogen (secondary N) is 1. The van der Waals surface area contributed by atoms with Crippen LogP contribution in [0.5, 0.6) is 0 Å². The number of aromatic nitrogens is 4. The smallest absolute Gasteiger partial charge is 0.149 e. The monoisotopic (exact) mass is 287 g/mol. The minimum Gasteiger partial charge on any atom is -0.337 e. The van der Waals surface area contributed by atoms with Crippen molar-refractivity contribution in [2.45, 2.75) is 0 Å². The van der Waals surface area contributed by atoms with Crippen LogP contribution in [0.3, 0.4) is 0 Å². The van der Waals surface area contributed by atoms with E-state index in [9.17, 15) is 0 Å². The first-order valence-corrected chi connectivity index (χ1v) is 5.25. The molecule has 78 valence electrons. The van der Waals surface area contributed by atoms with E-state index in [4.69, 9.17) is 11.6 Å². The molecule has 1 N–H and O–H groups in total. The highest BCUT2D eigenvalue weighted by molar-refractivity contribution is 9.10. The summed E-state index contributed by atoms with van der Waals surface area (Å²) in [5.74, 6) is 0.614. The molecule has 0 aliphatic carbocycles. The number of anilines is 2. The molecule has 0 radical (unpaired) electrons. The van der Waals surface area contributed by atoms with E-state index < -0.39 is 0 Å². The van der Waals surface area contributed by atoms with Crippen LogP contribution in [0.1, 0.15) is 0 Å². The third kappa shape index (κ3) is 2.27. The van der Waals surface area contributed by atoms with Crippen LogP contribution in [0.15, 0.2) is 23.2 Å². The van der Waals surface area contributed by atoms with E-state index in [1.54, 1.807) is 10.9 Å². The third-order valence-electron chi connectivity index (χ3n) is 1.71. The maximum Gasteiger partial charge on any atom is 0.149 e. The topological polar surface area (TPSA) is 55.6 Å². The van der Waals surface area contributed by atoms with E-state index in [0.29, 0.717) is 15.4 Å². The summed E-state index contributed by atoms with van der Waals surface area (Å²) >= 11 is 9.12. The number of hydrogen-bond acceptors (Lipinski definition) is 4. The van der Waals surface area contributed by atoms with Crippen LogP contribution in [-0.4, -0.2) is 19.7 Å². The van der Waals surface area contributed by atoms with Gasteiger partial charge in [-0.05, 0) is 15.9 Å². The minimum atomic E-state index is 0.372. The SMILES string of the molecule is Cn1cc(Nc2ncnc(Cl)c2Br)cn1. The zero-order valence-electron chi connectivity index (χ0n) is 7.78. The van der Waals surface area contributed by atoms with E-state index in [1.165, 1.54) is 6.33 Å². The van der Waals surface area contributed by atoms with Crippen molar-refractivity contribution in [2.75, 3.05) is 5.32 Å². The molecule has 0 aromatic carbocycles. The highest BCUT2D eigenvalue weighted by Gasteiger charge is 2.07. The summed E-state index contributed by atoms with van der Waals surface area (Å²) in [6.07, 6.45) is 4.93. The van der Waals surface area contributed by atoms with E-state index in [0.717, 1.165) is 5.69 Å². The second kappa shape index (κ2) is 4.16. The molecule has 7 heteroatoms. The number of nitrogens with zero attached hydrogens (tertiary/aromatic N) is 4. The van der Waals surface area contributed by atoms with Gasteiger partial charge in [-0.15, -0.1) is 0 Å². The van der Waals surface area contributed by atoms with E-state index in [-0.39, 0.29) is 0 Å². The molecule has 0 spiro atoms. The van der Waals surface area contributed by atoms with Crippen LogP contribution in [0.4, 0.5) is 11.5 Å². The van der Waals surface area contributed by atoms with Crippen molar-refractivity contribution < 1.29 is 0 Å². The van der Waals surface area contributed by atoms with Gasteiger partial charge >= 0.3 is 0 Å². The van der Waals surface area contributed by atoms with Crippen molar-refractivity contribution in [3.05, 3.63) is 28.3 Å². The lowest BCUT2D eigenvalue weighted by Crippen LogP contribution is -1.95. The fraction of sp³-hybridized carbons (Fsp3) is 0.125. The minimum absolute atomic E-state index is 0.372. The number of rotatable bonds is 2. The largest absolute Gasteiger partial charge is 0.337 e. The van der Waals surface area contributed by atoms with E-state index in [2.05, 4.69) is 36.3 Å². The molecule has 2 heterocycles. The summed E-state index contributed by atoms with van der Waals surface area (Å²) < 4.78 is 2.33. The van der Waals surface area contributed by atoms with Crippen molar-refractivity contribution in [3.63, 3.8) is 0 Å². The van der Waals surface area contributed by atoms with Gasteiger partial charge < -0.3 is 5.32 Å². The van der Waals surface area contributed by atoms with Crippen molar-refractivity contribution in [3.8, 4) is 0 Å². The van der Waals surface area contributed by atoms with Crippen molar-refractivity contribution in [2.24, 2.45) is 7.05 Å². The number of halogens is 2. The number of aryl methyl sites for hydroxylation is 1. The quantitative estimate of drug-likeness (QED) is 0.862. The summed E-state index contributed by atoms with van der Waals surface area (Å²) in [5, 5.41) is 7.47. The lowest BCUT2D eigenvalue weighted by molar-refractivity contribution is 0.768. The summed E-state index contributed by atoms with van der Waals surface area (Å²) in [5.41, 5.74) is 0.841. The summed E-state index contributed by atoms with van der Waals surface area (Å²) in [4.78, 5) is 7.89. The van der Waals surface area contributed by atoms with Crippen molar-refractivity contribution in [1.82, 2.24) is 19.7 Å². The second-order valence-electron chi connectivity index (χ2n) is 2.85. The fourth-order valence-corrected chi connectivity index (χ4v) is 1.49. The van der Waals surface area contributed by atoms with Crippen molar-refractivity contribution in [1.29, 1.82) is 0 Å².